The van der Waals surface area contributed by atoms with E-state index in [0.717, 1.165) is 0 Å². The molecule has 1 N–H and O–H groups in total. The Kier molecular flexibility index (Phi) is 3.45. The molecule has 3 heteroatoms. The molecule has 0 bridgehead atoms. The molecule has 1 rings (SSSR count). The third-order valence-corrected chi connectivity index (χ3v) is 3.02. The Morgan fingerprint density at radius 2 is 1.80 bits per heavy atom. The van der Waals surface area contributed by atoms with Crippen LogP contribution in [-0.4, -0.2) is 17.0 Å². The summed E-state index contributed by atoms with van der Waals surface area (Å²) in [5, 5.41) is 9.84. The smallest absolute Gasteiger partial charge is 0.250 e. The first-order valence-electron chi connectivity index (χ1n) is 5.21. The third kappa shape index (κ3) is 2.53. The predicted octanol–water partition coefficient (Wildman–Crippen LogP) is 2.57. The fourth-order valence-electron chi connectivity index (χ4n) is 2.18. The fourth-order valence-corrected chi connectivity index (χ4v) is 2.18. The van der Waals surface area contributed by atoms with Gasteiger partial charge in [0.1, 0.15) is 0 Å². The molecule has 1 aliphatic rings. The SMILES string of the molecule is C=COC1(OC=C)CCC(O)C(C)(C)C1. The van der Waals surface area contributed by atoms with Crippen LogP contribution in [0, 0.1) is 5.41 Å². The van der Waals surface area contributed by atoms with Gasteiger partial charge in [-0.2, -0.15) is 0 Å². The third-order valence-electron chi connectivity index (χ3n) is 3.02. The first-order valence-corrected chi connectivity index (χ1v) is 5.21. The molecule has 0 aromatic rings. The van der Waals surface area contributed by atoms with Crippen LogP contribution in [0.4, 0.5) is 0 Å². The van der Waals surface area contributed by atoms with E-state index < -0.39 is 5.79 Å². The fraction of sp³-hybridized carbons (Fsp3) is 0.667. The maximum absolute atomic E-state index is 9.84. The zero-order valence-electron chi connectivity index (χ0n) is 9.53. The van der Waals surface area contributed by atoms with E-state index in [1.54, 1.807) is 0 Å². The second-order valence-electron chi connectivity index (χ2n) is 4.70. The Bertz CT molecular complexity index is 235. The lowest BCUT2D eigenvalue weighted by molar-refractivity contribution is -0.228. The van der Waals surface area contributed by atoms with Gasteiger partial charge in [-0.05, 0) is 11.8 Å². The Balaban J connectivity index is 2.82. The van der Waals surface area contributed by atoms with Crippen LogP contribution < -0.4 is 0 Å². The number of aliphatic hydroxyl groups excluding tert-OH is 1. The monoisotopic (exact) mass is 212 g/mol. The van der Waals surface area contributed by atoms with E-state index >= 15 is 0 Å². The second kappa shape index (κ2) is 4.27. The Morgan fingerprint density at radius 3 is 2.20 bits per heavy atom. The van der Waals surface area contributed by atoms with Crippen molar-refractivity contribution < 1.29 is 14.6 Å². The number of ether oxygens (including phenoxy) is 2. The van der Waals surface area contributed by atoms with Gasteiger partial charge in [0.25, 0.3) is 0 Å². The van der Waals surface area contributed by atoms with Crippen LogP contribution in [0.15, 0.2) is 25.7 Å². The van der Waals surface area contributed by atoms with Crippen LogP contribution >= 0.6 is 0 Å². The predicted molar refractivity (Wildman–Crippen MR) is 58.9 cm³/mol. The molecule has 0 amide bonds. The van der Waals surface area contributed by atoms with Crippen molar-refractivity contribution in [2.75, 3.05) is 0 Å². The summed E-state index contributed by atoms with van der Waals surface area (Å²) >= 11 is 0. The van der Waals surface area contributed by atoms with E-state index in [2.05, 4.69) is 13.2 Å². The van der Waals surface area contributed by atoms with E-state index in [1.165, 1.54) is 12.5 Å². The van der Waals surface area contributed by atoms with Crippen LogP contribution in [-0.2, 0) is 9.47 Å². The quantitative estimate of drug-likeness (QED) is 0.575. The summed E-state index contributed by atoms with van der Waals surface area (Å²) in [6, 6.07) is 0. The van der Waals surface area contributed by atoms with Crippen molar-refractivity contribution in [2.45, 2.75) is 45.0 Å². The summed E-state index contributed by atoms with van der Waals surface area (Å²) in [6.07, 6.45) is 4.39. The molecule has 0 radical (unpaired) electrons. The zero-order chi connectivity index (χ0) is 11.5. The zero-order valence-corrected chi connectivity index (χ0v) is 9.53. The largest absolute Gasteiger partial charge is 0.461 e. The Labute approximate surface area is 91.4 Å². The highest BCUT2D eigenvalue weighted by molar-refractivity contribution is 4.93. The van der Waals surface area contributed by atoms with Gasteiger partial charge in [0.2, 0.25) is 5.79 Å². The molecule has 0 heterocycles. The topological polar surface area (TPSA) is 38.7 Å². The van der Waals surface area contributed by atoms with E-state index in [9.17, 15) is 5.11 Å². The molecule has 3 nitrogen and oxygen atoms in total. The normalized spacial score (nSPS) is 27.8. The molecule has 1 unspecified atom stereocenters. The summed E-state index contributed by atoms with van der Waals surface area (Å²) in [5.74, 6) is -0.702. The van der Waals surface area contributed by atoms with E-state index in [1.807, 2.05) is 13.8 Å². The van der Waals surface area contributed by atoms with Crippen LogP contribution in [0.25, 0.3) is 0 Å². The van der Waals surface area contributed by atoms with Crippen molar-refractivity contribution in [1.29, 1.82) is 0 Å². The maximum Gasteiger partial charge on any atom is 0.250 e. The van der Waals surface area contributed by atoms with Gasteiger partial charge in [-0.1, -0.05) is 27.0 Å². The molecule has 0 saturated heterocycles. The minimum atomic E-state index is -0.702. The van der Waals surface area contributed by atoms with Gasteiger partial charge in [-0.15, -0.1) is 0 Å². The molecule has 86 valence electrons. The summed E-state index contributed by atoms with van der Waals surface area (Å²) in [7, 11) is 0. The summed E-state index contributed by atoms with van der Waals surface area (Å²) in [4.78, 5) is 0. The van der Waals surface area contributed by atoms with Gasteiger partial charge < -0.3 is 14.6 Å². The highest BCUT2D eigenvalue weighted by Crippen LogP contribution is 2.43. The van der Waals surface area contributed by atoms with Crippen molar-refractivity contribution in [3.05, 3.63) is 25.7 Å². The summed E-state index contributed by atoms with van der Waals surface area (Å²) in [5.41, 5.74) is -0.218. The van der Waals surface area contributed by atoms with Gasteiger partial charge >= 0.3 is 0 Å². The lowest BCUT2D eigenvalue weighted by atomic mass is 9.72. The van der Waals surface area contributed by atoms with Crippen molar-refractivity contribution in [3.63, 3.8) is 0 Å². The van der Waals surface area contributed by atoms with Crippen LogP contribution in [0.3, 0.4) is 0 Å². The molecular formula is C12H20O3. The molecule has 0 aromatic heterocycles. The molecule has 0 aromatic carbocycles. The number of aliphatic hydroxyl groups is 1. The van der Waals surface area contributed by atoms with E-state index in [4.69, 9.17) is 9.47 Å². The molecule has 15 heavy (non-hydrogen) atoms. The molecule has 1 aliphatic carbocycles. The molecular weight excluding hydrogens is 192 g/mol. The van der Waals surface area contributed by atoms with Gasteiger partial charge in [0.15, 0.2) is 0 Å². The highest BCUT2D eigenvalue weighted by Gasteiger charge is 2.47. The van der Waals surface area contributed by atoms with Crippen LogP contribution in [0.5, 0.6) is 0 Å². The van der Waals surface area contributed by atoms with Crippen molar-refractivity contribution >= 4 is 0 Å². The lowest BCUT2D eigenvalue weighted by Crippen LogP contribution is -2.48. The minimum Gasteiger partial charge on any atom is -0.461 e. The van der Waals surface area contributed by atoms with Gasteiger partial charge in [0, 0.05) is 12.8 Å². The van der Waals surface area contributed by atoms with Gasteiger partial charge in [-0.25, -0.2) is 0 Å². The first kappa shape index (κ1) is 12.1. The van der Waals surface area contributed by atoms with E-state index in [-0.39, 0.29) is 11.5 Å². The molecule has 0 spiro atoms. The first-order chi connectivity index (χ1) is 6.96. The summed E-state index contributed by atoms with van der Waals surface area (Å²) in [6.45, 7) is 11.1. The standard InChI is InChI=1S/C12H20O3/c1-5-14-12(15-6-2)8-7-10(13)11(3,4)9-12/h5-6,10,13H,1-2,7-9H2,3-4H3. The van der Waals surface area contributed by atoms with Crippen molar-refractivity contribution in [1.82, 2.24) is 0 Å². The summed E-state index contributed by atoms with van der Waals surface area (Å²) < 4.78 is 10.9. The van der Waals surface area contributed by atoms with Gasteiger partial charge in [0.05, 0.1) is 18.6 Å². The van der Waals surface area contributed by atoms with Crippen molar-refractivity contribution in [3.8, 4) is 0 Å². The Morgan fingerprint density at radius 1 is 1.27 bits per heavy atom. The maximum atomic E-state index is 9.84. The Hall–Kier alpha value is -0.960. The van der Waals surface area contributed by atoms with Crippen molar-refractivity contribution in [2.24, 2.45) is 5.41 Å². The van der Waals surface area contributed by atoms with Crippen LogP contribution in [0.2, 0.25) is 0 Å². The average Bonchev–Trinajstić information content (AvgIpc) is 2.12. The highest BCUT2D eigenvalue weighted by atomic mass is 16.7. The number of rotatable bonds is 4. The lowest BCUT2D eigenvalue weighted by Gasteiger charge is -2.45. The molecule has 1 fully saturated rings. The molecule has 1 atom stereocenters. The number of hydrogen-bond donors (Lipinski definition) is 1. The molecule has 0 aliphatic heterocycles. The minimum absolute atomic E-state index is 0.218. The average molecular weight is 212 g/mol. The number of hydrogen-bond acceptors (Lipinski definition) is 3. The second-order valence-corrected chi connectivity index (χ2v) is 4.70. The van der Waals surface area contributed by atoms with Crippen LogP contribution in [0.1, 0.15) is 33.1 Å². The van der Waals surface area contributed by atoms with Gasteiger partial charge in [-0.3, -0.25) is 0 Å². The van der Waals surface area contributed by atoms with E-state index in [0.29, 0.717) is 19.3 Å². The molecule has 1 saturated carbocycles.